The Kier molecular flexibility index (Phi) is 4.40. The molecule has 0 radical (unpaired) electrons. The molecule has 20 heavy (non-hydrogen) atoms. The van der Waals surface area contributed by atoms with Gasteiger partial charge in [-0.2, -0.15) is 9.97 Å². The Labute approximate surface area is 119 Å². The van der Waals surface area contributed by atoms with Crippen LogP contribution in [0.3, 0.4) is 0 Å². The minimum absolute atomic E-state index is 0.278. The first-order valence-corrected chi connectivity index (χ1v) is 6.79. The molecule has 0 atom stereocenters. The summed E-state index contributed by atoms with van der Waals surface area (Å²) in [5.74, 6) is 1.82. The van der Waals surface area contributed by atoms with Crippen molar-refractivity contribution in [2.24, 2.45) is 0 Å². The SMILES string of the molecule is CCCNc1cc(N(C)c2cccc(C)c2)nc(N)n1. The summed E-state index contributed by atoms with van der Waals surface area (Å²) in [5, 5.41) is 3.24. The summed E-state index contributed by atoms with van der Waals surface area (Å²) < 4.78 is 0. The number of nitrogens with zero attached hydrogens (tertiary/aromatic N) is 3. The highest BCUT2D eigenvalue weighted by Gasteiger charge is 2.09. The fourth-order valence-electron chi connectivity index (χ4n) is 1.94. The number of aryl methyl sites for hydroxylation is 1. The van der Waals surface area contributed by atoms with Gasteiger partial charge in [-0.25, -0.2) is 0 Å². The number of benzene rings is 1. The van der Waals surface area contributed by atoms with Crippen LogP contribution < -0.4 is 16.0 Å². The molecule has 0 fully saturated rings. The zero-order valence-corrected chi connectivity index (χ0v) is 12.2. The number of anilines is 4. The van der Waals surface area contributed by atoms with Gasteiger partial charge in [-0.15, -0.1) is 0 Å². The number of aromatic nitrogens is 2. The van der Waals surface area contributed by atoms with Gasteiger partial charge in [0.05, 0.1) is 0 Å². The maximum Gasteiger partial charge on any atom is 0.223 e. The van der Waals surface area contributed by atoms with Crippen molar-refractivity contribution in [1.29, 1.82) is 0 Å². The average molecular weight is 271 g/mol. The minimum Gasteiger partial charge on any atom is -0.370 e. The van der Waals surface area contributed by atoms with E-state index in [9.17, 15) is 0 Å². The number of nitrogen functional groups attached to an aromatic ring is 1. The van der Waals surface area contributed by atoms with Crippen LogP contribution in [0.15, 0.2) is 30.3 Å². The van der Waals surface area contributed by atoms with E-state index in [0.717, 1.165) is 30.3 Å². The molecule has 5 heteroatoms. The summed E-state index contributed by atoms with van der Waals surface area (Å²) in [5.41, 5.74) is 8.07. The lowest BCUT2D eigenvalue weighted by molar-refractivity contribution is 0.964. The molecule has 0 saturated heterocycles. The quantitative estimate of drug-likeness (QED) is 0.875. The molecule has 0 aliphatic heterocycles. The van der Waals surface area contributed by atoms with Crippen molar-refractivity contribution >= 4 is 23.3 Å². The van der Waals surface area contributed by atoms with E-state index in [4.69, 9.17) is 5.73 Å². The lowest BCUT2D eigenvalue weighted by Crippen LogP contribution is -2.14. The van der Waals surface area contributed by atoms with Gasteiger partial charge in [0, 0.05) is 25.3 Å². The second kappa shape index (κ2) is 6.23. The van der Waals surface area contributed by atoms with Gasteiger partial charge in [-0.3, -0.25) is 0 Å². The Balaban J connectivity index is 2.29. The molecular formula is C15H21N5. The molecule has 1 aromatic heterocycles. The smallest absolute Gasteiger partial charge is 0.223 e. The Hall–Kier alpha value is -2.30. The zero-order valence-electron chi connectivity index (χ0n) is 12.2. The molecule has 0 saturated carbocycles. The van der Waals surface area contributed by atoms with Crippen molar-refractivity contribution in [3.8, 4) is 0 Å². The number of hydrogen-bond donors (Lipinski definition) is 2. The van der Waals surface area contributed by atoms with Crippen LogP contribution in [-0.4, -0.2) is 23.6 Å². The van der Waals surface area contributed by atoms with Crippen molar-refractivity contribution in [2.45, 2.75) is 20.3 Å². The molecule has 0 bridgehead atoms. The predicted octanol–water partition coefficient (Wildman–Crippen LogP) is 2.96. The lowest BCUT2D eigenvalue weighted by Gasteiger charge is -2.19. The summed E-state index contributed by atoms with van der Waals surface area (Å²) in [4.78, 5) is 10.5. The first kappa shape index (κ1) is 14.1. The molecule has 0 aliphatic carbocycles. The van der Waals surface area contributed by atoms with Gasteiger partial charge in [-0.1, -0.05) is 19.1 Å². The maximum absolute atomic E-state index is 5.79. The van der Waals surface area contributed by atoms with Crippen molar-refractivity contribution in [2.75, 3.05) is 29.5 Å². The highest BCUT2D eigenvalue weighted by Crippen LogP contribution is 2.24. The van der Waals surface area contributed by atoms with Crippen LogP contribution in [0.5, 0.6) is 0 Å². The molecule has 1 heterocycles. The molecule has 2 rings (SSSR count). The van der Waals surface area contributed by atoms with Crippen LogP contribution >= 0.6 is 0 Å². The van der Waals surface area contributed by atoms with E-state index in [2.05, 4.69) is 41.3 Å². The summed E-state index contributed by atoms with van der Waals surface area (Å²) in [6, 6.07) is 10.2. The maximum atomic E-state index is 5.79. The third-order valence-electron chi connectivity index (χ3n) is 3.02. The van der Waals surface area contributed by atoms with Gasteiger partial charge in [0.25, 0.3) is 0 Å². The summed E-state index contributed by atoms with van der Waals surface area (Å²) in [7, 11) is 1.97. The second-order valence-corrected chi connectivity index (χ2v) is 4.79. The Morgan fingerprint density at radius 2 is 2.05 bits per heavy atom. The van der Waals surface area contributed by atoms with E-state index >= 15 is 0 Å². The van der Waals surface area contributed by atoms with Gasteiger partial charge in [0.1, 0.15) is 11.6 Å². The minimum atomic E-state index is 0.278. The van der Waals surface area contributed by atoms with Crippen molar-refractivity contribution in [3.63, 3.8) is 0 Å². The standard InChI is InChI=1S/C15H21N5/c1-4-8-17-13-10-14(19-15(16)18-13)20(3)12-7-5-6-11(2)9-12/h5-7,9-10H,4,8H2,1-3H3,(H3,16,17,18,19). The molecule has 106 valence electrons. The first-order valence-electron chi connectivity index (χ1n) is 6.79. The zero-order chi connectivity index (χ0) is 14.5. The van der Waals surface area contributed by atoms with E-state index in [1.807, 2.05) is 30.1 Å². The van der Waals surface area contributed by atoms with Crippen LogP contribution in [0.25, 0.3) is 0 Å². The van der Waals surface area contributed by atoms with Crippen LogP contribution in [0.2, 0.25) is 0 Å². The van der Waals surface area contributed by atoms with Gasteiger partial charge >= 0.3 is 0 Å². The fourth-order valence-corrected chi connectivity index (χ4v) is 1.94. The Bertz CT molecular complexity index is 582. The van der Waals surface area contributed by atoms with E-state index in [-0.39, 0.29) is 5.95 Å². The molecule has 0 amide bonds. The van der Waals surface area contributed by atoms with Crippen LogP contribution in [0, 0.1) is 6.92 Å². The average Bonchev–Trinajstić information content (AvgIpc) is 2.43. The molecule has 3 N–H and O–H groups in total. The molecule has 1 aromatic carbocycles. The van der Waals surface area contributed by atoms with Crippen LogP contribution in [0.1, 0.15) is 18.9 Å². The summed E-state index contributed by atoms with van der Waals surface area (Å²) in [6.07, 6.45) is 1.03. The largest absolute Gasteiger partial charge is 0.370 e. The normalized spacial score (nSPS) is 10.3. The van der Waals surface area contributed by atoms with E-state index in [1.54, 1.807) is 0 Å². The molecule has 2 aromatic rings. The lowest BCUT2D eigenvalue weighted by atomic mass is 10.2. The van der Waals surface area contributed by atoms with Gasteiger partial charge < -0.3 is 16.0 Å². The second-order valence-electron chi connectivity index (χ2n) is 4.79. The number of hydrogen-bond acceptors (Lipinski definition) is 5. The Morgan fingerprint density at radius 1 is 1.25 bits per heavy atom. The summed E-state index contributed by atoms with van der Waals surface area (Å²) >= 11 is 0. The summed E-state index contributed by atoms with van der Waals surface area (Å²) in [6.45, 7) is 5.04. The predicted molar refractivity (Wildman–Crippen MR) is 84.5 cm³/mol. The number of nitrogens with two attached hydrogens (primary N) is 1. The topological polar surface area (TPSA) is 67.1 Å². The molecule has 0 aliphatic rings. The monoisotopic (exact) mass is 271 g/mol. The highest BCUT2D eigenvalue weighted by atomic mass is 15.2. The number of nitrogens with one attached hydrogen (secondary N) is 1. The first-order chi connectivity index (χ1) is 9.60. The van der Waals surface area contributed by atoms with E-state index < -0.39 is 0 Å². The molecule has 0 spiro atoms. The molecule has 0 unspecified atom stereocenters. The molecular weight excluding hydrogens is 250 g/mol. The highest BCUT2D eigenvalue weighted by molar-refractivity contribution is 5.63. The van der Waals surface area contributed by atoms with Crippen LogP contribution in [0.4, 0.5) is 23.3 Å². The van der Waals surface area contributed by atoms with Crippen molar-refractivity contribution in [1.82, 2.24) is 9.97 Å². The van der Waals surface area contributed by atoms with Gasteiger partial charge in [0.15, 0.2) is 0 Å². The van der Waals surface area contributed by atoms with Gasteiger partial charge in [-0.05, 0) is 31.0 Å². The van der Waals surface area contributed by atoms with Crippen molar-refractivity contribution in [3.05, 3.63) is 35.9 Å². The van der Waals surface area contributed by atoms with E-state index in [0.29, 0.717) is 0 Å². The fraction of sp³-hybridized carbons (Fsp3) is 0.333. The Morgan fingerprint density at radius 3 is 2.75 bits per heavy atom. The third kappa shape index (κ3) is 3.38. The van der Waals surface area contributed by atoms with Crippen LogP contribution in [-0.2, 0) is 0 Å². The number of rotatable bonds is 5. The van der Waals surface area contributed by atoms with E-state index in [1.165, 1.54) is 5.56 Å². The van der Waals surface area contributed by atoms with Gasteiger partial charge in [0.2, 0.25) is 5.95 Å². The molecule has 5 nitrogen and oxygen atoms in total. The van der Waals surface area contributed by atoms with Crippen molar-refractivity contribution < 1.29 is 0 Å². The third-order valence-corrected chi connectivity index (χ3v) is 3.02.